The number of phenols is 1. The summed E-state index contributed by atoms with van der Waals surface area (Å²) < 4.78 is 14.8. The van der Waals surface area contributed by atoms with Crippen molar-refractivity contribution in [3.8, 4) is 5.75 Å². The number of hydrogen-bond acceptors (Lipinski definition) is 4. The first-order valence-electron chi connectivity index (χ1n) is 13.0. The number of piperidine rings is 1. The third kappa shape index (κ3) is 6.40. The molecule has 0 radical (unpaired) electrons. The lowest BCUT2D eigenvalue weighted by Gasteiger charge is -2.44. The normalized spacial score (nSPS) is 20.3. The lowest BCUT2D eigenvalue weighted by molar-refractivity contribution is 0.0735. The Labute approximate surface area is 224 Å². The molecule has 1 N–H and O–H groups in total. The van der Waals surface area contributed by atoms with Crippen LogP contribution in [0, 0.1) is 18.7 Å². The van der Waals surface area contributed by atoms with Crippen molar-refractivity contribution >= 4 is 17.4 Å². The molecule has 1 saturated heterocycles. The van der Waals surface area contributed by atoms with E-state index in [2.05, 4.69) is 23.9 Å². The van der Waals surface area contributed by atoms with Crippen molar-refractivity contribution in [3.05, 3.63) is 99.8 Å². The third-order valence-electron chi connectivity index (χ3n) is 7.55. The standard InChI is InChI=1S/C31H36ClFN2O2/c1-21-24(13-9-15-29(21)33)30-26(25-12-4-5-14-28(25)32)19-35(17-7-6-16-34(2)3)20-27(30)31(37)22-10-8-11-23(36)18-22/h4-5,8-15,18,26-27,30,36H,6-7,16-17,19-20H2,1-3H3/t26-,27+,30-/m1/s1. The molecule has 0 bridgehead atoms. The molecule has 3 aromatic rings. The van der Waals surface area contributed by atoms with E-state index in [9.17, 15) is 14.3 Å². The summed E-state index contributed by atoms with van der Waals surface area (Å²) in [7, 11) is 4.15. The van der Waals surface area contributed by atoms with E-state index in [0.29, 0.717) is 22.7 Å². The SMILES string of the molecule is Cc1c(F)cccc1[C@H]1[C@@H](C(=O)c2cccc(O)c2)CN(CCCCN(C)C)C[C@@H]1c1ccccc1Cl. The molecule has 1 aliphatic heterocycles. The molecule has 4 rings (SSSR count). The fourth-order valence-corrected chi connectivity index (χ4v) is 5.97. The molecule has 0 aromatic heterocycles. The van der Waals surface area contributed by atoms with E-state index < -0.39 is 5.92 Å². The number of Topliss-reactive ketones (excluding diaryl/α,β-unsaturated/α-hetero) is 1. The smallest absolute Gasteiger partial charge is 0.167 e. The van der Waals surface area contributed by atoms with Gasteiger partial charge in [0.1, 0.15) is 11.6 Å². The van der Waals surface area contributed by atoms with Crippen molar-refractivity contribution in [1.82, 2.24) is 9.80 Å². The molecule has 37 heavy (non-hydrogen) atoms. The zero-order valence-corrected chi connectivity index (χ0v) is 22.6. The Balaban J connectivity index is 1.79. The molecule has 3 atom stereocenters. The minimum absolute atomic E-state index is 0.0420. The fourth-order valence-electron chi connectivity index (χ4n) is 5.69. The van der Waals surface area contributed by atoms with Gasteiger partial charge in [-0.3, -0.25) is 4.79 Å². The number of halogens is 2. The third-order valence-corrected chi connectivity index (χ3v) is 7.89. The van der Waals surface area contributed by atoms with Gasteiger partial charge in [0.05, 0.1) is 0 Å². The van der Waals surface area contributed by atoms with Gasteiger partial charge in [-0.05, 0) is 87.9 Å². The van der Waals surface area contributed by atoms with Crippen LogP contribution in [0.1, 0.15) is 51.7 Å². The number of ketones is 1. The second-order valence-corrected chi connectivity index (χ2v) is 10.8. The molecule has 3 aromatic carbocycles. The van der Waals surface area contributed by atoms with Gasteiger partial charge in [0, 0.05) is 41.4 Å². The maximum Gasteiger partial charge on any atom is 0.167 e. The quantitative estimate of drug-likeness (QED) is 0.257. The van der Waals surface area contributed by atoms with Crippen LogP contribution in [0.5, 0.6) is 5.75 Å². The van der Waals surface area contributed by atoms with Crippen molar-refractivity contribution in [2.24, 2.45) is 5.92 Å². The predicted molar refractivity (Wildman–Crippen MR) is 148 cm³/mol. The highest BCUT2D eigenvalue weighted by Gasteiger charge is 2.43. The number of phenolic OH excluding ortho intramolecular Hbond substituents is 1. The minimum Gasteiger partial charge on any atom is -0.508 e. The average Bonchev–Trinajstić information content (AvgIpc) is 2.88. The van der Waals surface area contributed by atoms with Crippen molar-refractivity contribution in [2.45, 2.75) is 31.6 Å². The van der Waals surface area contributed by atoms with Gasteiger partial charge in [0.15, 0.2) is 5.78 Å². The number of rotatable bonds is 9. The summed E-state index contributed by atoms with van der Waals surface area (Å²) in [5, 5.41) is 10.8. The number of hydrogen-bond donors (Lipinski definition) is 1. The zero-order valence-electron chi connectivity index (χ0n) is 21.8. The molecule has 1 aliphatic rings. The molecule has 196 valence electrons. The highest BCUT2D eigenvalue weighted by atomic mass is 35.5. The van der Waals surface area contributed by atoms with Crippen LogP contribution in [0.3, 0.4) is 0 Å². The van der Waals surface area contributed by atoms with E-state index in [1.165, 1.54) is 12.1 Å². The summed E-state index contributed by atoms with van der Waals surface area (Å²) in [4.78, 5) is 18.6. The second kappa shape index (κ2) is 12.2. The van der Waals surface area contributed by atoms with E-state index in [-0.39, 0.29) is 29.2 Å². The Hall–Kier alpha value is -2.73. The van der Waals surface area contributed by atoms with Gasteiger partial charge in [-0.15, -0.1) is 0 Å². The van der Waals surface area contributed by atoms with Gasteiger partial charge in [0.25, 0.3) is 0 Å². The van der Waals surface area contributed by atoms with Crippen LogP contribution in [-0.4, -0.2) is 61.0 Å². The summed E-state index contributed by atoms with van der Waals surface area (Å²) in [6.07, 6.45) is 2.09. The monoisotopic (exact) mass is 522 g/mol. The number of nitrogens with zero attached hydrogens (tertiary/aromatic N) is 2. The molecule has 0 amide bonds. The molecule has 0 saturated carbocycles. The lowest BCUT2D eigenvalue weighted by atomic mass is 9.67. The first kappa shape index (κ1) is 27.3. The molecular formula is C31H36ClFN2O2. The van der Waals surface area contributed by atoms with E-state index in [1.807, 2.05) is 30.3 Å². The van der Waals surface area contributed by atoms with Gasteiger partial charge in [0.2, 0.25) is 0 Å². The van der Waals surface area contributed by atoms with Gasteiger partial charge < -0.3 is 14.9 Å². The van der Waals surface area contributed by atoms with Crippen molar-refractivity contribution in [1.29, 1.82) is 0 Å². The van der Waals surface area contributed by atoms with Gasteiger partial charge in [-0.1, -0.05) is 54.1 Å². The van der Waals surface area contributed by atoms with Crippen molar-refractivity contribution in [3.63, 3.8) is 0 Å². The molecule has 1 fully saturated rings. The van der Waals surface area contributed by atoms with E-state index in [1.54, 1.807) is 31.2 Å². The molecular weight excluding hydrogens is 487 g/mol. The van der Waals surface area contributed by atoms with Crippen LogP contribution >= 0.6 is 11.6 Å². The summed E-state index contributed by atoms with van der Waals surface area (Å²) in [6, 6.07) is 19.5. The largest absolute Gasteiger partial charge is 0.508 e. The van der Waals surface area contributed by atoms with Crippen LogP contribution in [0.2, 0.25) is 5.02 Å². The number of carbonyl (C=O) groups is 1. The summed E-state index contributed by atoms with van der Waals surface area (Å²) in [5.41, 5.74) is 2.86. The topological polar surface area (TPSA) is 43.8 Å². The molecule has 4 nitrogen and oxygen atoms in total. The van der Waals surface area contributed by atoms with E-state index in [4.69, 9.17) is 11.6 Å². The maximum absolute atomic E-state index is 14.8. The van der Waals surface area contributed by atoms with Crippen LogP contribution in [-0.2, 0) is 0 Å². The highest BCUT2D eigenvalue weighted by molar-refractivity contribution is 6.31. The van der Waals surface area contributed by atoms with Gasteiger partial charge in [-0.2, -0.15) is 0 Å². The van der Waals surface area contributed by atoms with Crippen LogP contribution in [0.15, 0.2) is 66.7 Å². The van der Waals surface area contributed by atoms with Gasteiger partial charge >= 0.3 is 0 Å². The maximum atomic E-state index is 14.8. The minimum atomic E-state index is -0.425. The number of aromatic hydroxyl groups is 1. The number of carbonyl (C=O) groups excluding carboxylic acids is 1. The average molecular weight is 523 g/mol. The Kier molecular flexibility index (Phi) is 9.01. The first-order valence-corrected chi connectivity index (χ1v) is 13.3. The van der Waals surface area contributed by atoms with Crippen molar-refractivity contribution in [2.75, 3.05) is 40.3 Å². The second-order valence-electron chi connectivity index (χ2n) is 10.4. The molecule has 0 spiro atoms. The zero-order chi connectivity index (χ0) is 26.5. The van der Waals surface area contributed by atoms with Gasteiger partial charge in [-0.25, -0.2) is 4.39 Å². The molecule has 1 heterocycles. The summed E-state index contributed by atoms with van der Waals surface area (Å²) in [5.74, 6) is -1.04. The van der Waals surface area contributed by atoms with Crippen molar-refractivity contribution < 1.29 is 14.3 Å². The lowest BCUT2D eigenvalue weighted by Crippen LogP contribution is -2.47. The van der Waals surface area contributed by atoms with E-state index >= 15 is 0 Å². The Morgan fingerprint density at radius 1 is 1.03 bits per heavy atom. The Morgan fingerprint density at radius 2 is 1.76 bits per heavy atom. The first-order chi connectivity index (χ1) is 17.8. The number of likely N-dealkylation sites (tertiary alicyclic amines) is 1. The molecule has 0 aliphatic carbocycles. The number of benzene rings is 3. The molecule has 6 heteroatoms. The predicted octanol–water partition coefficient (Wildman–Crippen LogP) is 6.52. The number of unbranched alkanes of at least 4 members (excludes halogenated alkanes) is 1. The molecule has 0 unspecified atom stereocenters. The van der Waals surface area contributed by atoms with E-state index in [0.717, 1.165) is 43.6 Å². The van der Waals surface area contributed by atoms with Crippen LogP contribution in [0.25, 0.3) is 0 Å². The Morgan fingerprint density at radius 3 is 2.49 bits per heavy atom. The van der Waals surface area contributed by atoms with Crippen LogP contribution in [0.4, 0.5) is 4.39 Å². The van der Waals surface area contributed by atoms with Crippen LogP contribution < -0.4 is 0 Å². The Bertz CT molecular complexity index is 1230. The summed E-state index contributed by atoms with van der Waals surface area (Å²) >= 11 is 6.74. The highest BCUT2D eigenvalue weighted by Crippen LogP contribution is 2.47. The fraction of sp³-hybridized carbons (Fsp3) is 0.387. The summed E-state index contributed by atoms with van der Waals surface area (Å²) in [6.45, 7) is 4.97.